The lowest BCUT2D eigenvalue weighted by atomic mass is 9.97. The van der Waals surface area contributed by atoms with Gasteiger partial charge in [0.15, 0.2) is 5.60 Å². The Morgan fingerprint density at radius 2 is 1.50 bits per heavy atom. The van der Waals surface area contributed by atoms with E-state index in [1.54, 1.807) is 24.3 Å². The second-order valence-corrected chi connectivity index (χ2v) is 9.33. The van der Waals surface area contributed by atoms with Crippen LogP contribution in [0.2, 0.25) is 0 Å². The highest BCUT2D eigenvalue weighted by Crippen LogP contribution is 2.34. The summed E-state index contributed by atoms with van der Waals surface area (Å²) in [5.74, 6) is 7.81. The molecular formula is C33H28O5. The minimum atomic E-state index is -1.07. The van der Waals surface area contributed by atoms with E-state index >= 15 is 0 Å². The monoisotopic (exact) mass is 504 g/mol. The molecule has 0 N–H and O–H groups in total. The van der Waals surface area contributed by atoms with Crippen LogP contribution in [-0.4, -0.2) is 30.8 Å². The number of cyclic esters (lactones) is 1. The molecule has 0 aromatic heterocycles. The Kier molecular flexibility index (Phi) is 8.44. The molecule has 0 saturated carbocycles. The van der Waals surface area contributed by atoms with E-state index in [2.05, 4.69) is 17.8 Å². The Morgan fingerprint density at radius 3 is 2.08 bits per heavy atom. The van der Waals surface area contributed by atoms with Gasteiger partial charge in [0.2, 0.25) is 0 Å². The lowest BCUT2D eigenvalue weighted by molar-refractivity contribution is -0.157. The number of ether oxygens (including phenoxy) is 3. The van der Waals surface area contributed by atoms with E-state index in [1.165, 1.54) is 0 Å². The van der Waals surface area contributed by atoms with Gasteiger partial charge in [0.25, 0.3) is 0 Å². The molecule has 1 unspecified atom stereocenters. The Bertz CT molecular complexity index is 1430. The number of carbonyl (C=O) groups is 2. The number of hydrogen-bond acceptors (Lipinski definition) is 5. The maximum atomic E-state index is 12.8. The van der Waals surface area contributed by atoms with E-state index in [0.29, 0.717) is 24.2 Å². The average Bonchev–Trinajstić information content (AvgIpc) is 3.28. The second kappa shape index (κ2) is 12.1. The number of hydrogen-bond donors (Lipinski definition) is 0. The third kappa shape index (κ3) is 6.79. The Labute approximate surface area is 223 Å². The van der Waals surface area contributed by atoms with E-state index < -0.39 is 17.5 Å². The van der Waals surface area contributed by atoms with E-state index in [1.807, 2.05) is 68.4 Å². The van der Waals surface area contributed by atoms with Gasteiger partial charge in [0.05, 0.1) is 18.8 Å². The third-order valence-corrected chi connectivity index (χ3v) is 6.12. The quantitative estimate of drug-likeness (QED) is 0.243. The van der Waals surface area contributed by atoms with Crippen molar-refractivity contribution in [2.75, 3.05) is 13.2 Å². The van der Waals surface area contributed by atoms with Crippen molar-refractivity contribution in [1.82, 2.24) is 0 Å². The van der Waals surface area contributed by atoms with Crippen LogP contribution in [-0.2, 0) is 25.6 Å². The zero-order valence-corrected chi connectivity index (χ0v) is 21.5. The first-order valence-electron chi connectivity index (χ1n) is 12.2. The average molecular weight is 505 g/mol. The van der Waals surface area contributed by atoms with Gasteiger partial charge in [-0.05, 0) is 67.9 Å². The Morgan fingerprint density at radius 1 is 0.895 bits per heavy atom. The molecule has 0 bridgehead atoms. The van der Waals surface area contributed by atoms with Crippen LogP contribution in [0.3, 0.4) is 0 Å². The molecule has 190 valence electrons. The van der Waals surface area contributed by atoms with Crippen LogP contribution >= 0.6 is 0 Å². The van der Waals surface area contributed by atoms with Crippen molar-refractivity contribution in [3.05, 3.63) is 118 Å². The molecule has 38 heavy (non-hydrogen) atoms. The van der Waals surface area contributed by atoms with Crippen LogP contribution in [0, 0.1) is 24.2 Å². The largest absolute Gasteiger partial charge is 0.458 e. The molecule has 4 rings (SSSR count). The lowest BCUT2D eigenvalue weighted by Crippen LogP contribution is -2.40. The molecule has 3 aromatic rings. The fourth-order valence-corrected chi connectivity index (χ4v) is 3.97. The number of carbonyl (C=O) groups excluding carboxylic acids is 2. The number of benzene rings is 3. The van der Waals surface area contributed by atoms with Crippen LogP contribution < -0.4 is 0 Å². The molecule has 1 atom stereocenters. The van der Waals surface area contributed by atoms with Crippen molar-refractivity contribution in [2.24, 2.45) is 0 Å². The van der Waals surface area contributed by atoms with Gasteiger partial charge in [-0.3, -0.25) is 0 Å². The lowest BCUT2D eigenvalue weighted by Gasteiger charge is -2.26. The number of terminal acetylenes is 1. The van der Waals surface area contributed by atoms with Crippen molar-refractivity contribution in [3.8, 4) is 24.2 Å². The molecule has 5 nitrogen and oxygen atoms in total. The van der Waals surface area contributed by atoms with Crippen molar-refractivity contribution in [1.29, 1.82) is 0 Å². The van der Waals surface area contributed by atoms with Gasteiger partial charge in [-0.1, -0.05) is 53.7 Å². The molecular weight excluding hydrogens is 476 g/mol. The zero-order valence-electron chi connectivity index (χ0n) is 21.5. The summed E-state index contributed by atoms with van der Waals surface area (Å²) in [6, 6.07) is 24.0. The molecule has 0 amide bonds. The summed E-state index contributed by atoms with van der Waals surface area (Å²) in [6.07, 6.45) is 5.69. The van der Waals surface area contributed by atoms with E-state index in [4.69, 9.17) is 20.6 Å². The van der Waals surface area contributed by atoms with Gasteiger partial charge in [-0.25, -0.2) is 9.59 Å². The topological polar surface area (TPSA) is 61.8 Å². The van der Waals surface area contributed by atoms with Crippen molar-refractivity contribution in [2.45, 2.75) is 32.5 Å². The first kappa shape index (κ1) is 26.5. The first-order chi connectivity index (χ1) is 18.4. The van der Waals surface area contributed by atoms with Crippen LogP contribution in [0.1, 0.15) is 52.9 Å². The van der Waals surface area contributed by atoms with E-state index in [0.717, 1.165) is 27.8 Å². The molecule has 0 aliphatic carbocycles. The second-order valence-electron chi connectivity index (χ2n) is 9.33. The number of rotatable bonds is 7. The van der Waals surface area contributed by atoms with Gasteiger partial charge in [0.1, 0.15) is 6.61 Å². The predicted octanol–water partition coefficient (Wildman–Crippen LogP) is 5.46. The van der Waals surface area contributed by atoms with Crippen molar-refractivity contribution in [3.63, 3.8) is 0 Å². The van der Waals surface area contributed by atoms with Gasteiger partial charge < -0.3 is 14.2 Å². The SMILES string of the molecule is C#Cc1ccc(C#Cc2ccc(C(=O)OCC3(COCc4ccccc4)CC(=C(C)C)C(=O)O3)cc2)cc1. The summed E-state index contributed by atoms with van der Waals surface area (Å²) >= 11 is 0. The summed E-state index contributed by atoms with van der Waals surface area (Å²) in [5.41, 5.74) is 4.15. The number of allylic oxidation sites excluding steroid dienone is 1. The molecule has 1 fully saturated rings. The van der Waals surface area contributed by atoms with Crippen molar-refractivity contribution < 1.29 is 23.8 Å². The molecule has 1 saturated heterocycles. The molecule has 0 radical (unpaired) electrons. The van der Waals surface area contributed by atoms with Gasteiger partial charge in [0, 0.05) is 28.7 Å². The van der Waals surface area contributed by atoms with Crippen molar-refractivity contribution >= 4 is 11.9 Å². The molecule has 5 heteroatoms. The fourth-order valence-electron chi connectivity index (χ4n) is 3.97. The molecule has 1 heterocycles. The standard InChI is InChI=1S/C33H28O5/c1-4-25-10-12-26(13-11-25)14-15-27-16-18-29(19-17-27)31(34)37-23-33(20-30(24(2)3)32(35)38-33)22-36-21-28-8-6-5-7-9-28/h1,5-13,16-19H,20-23H2,2-3H3. The normalized spacial score (nSPS) is 16.1. The van der Waals surface area contributed by atoms with Crippen LogP contribution in [0.25, 0.3) is 0 Å². The highest BCUT2D eigenvalue weighted by Gasteiger charge is 2.45. The van der Waals surface area contributed by atoms with E-state index in [-0.39, 0.29) is 13.2 Å². The highest BCUT2D eigenvalue weighted by atomic mass is 16.6. The predicted molar refractivity (Wildman–Crippen MR) is 145 cm³/mol. The summed E-state index contributed by atoms with van der Waals surface area (Å²) in [4.78, 5) is 25.3. The smallest absolute Gasteiger partial charge is 0.338 e. The van der Waals surface area contributed by atoms with Crippen LogP contribution in [0.15, 0.2) is 90.0 Å². The van der Waals surface area contributed by atoms with Crippen LogP contribution in [0.5, 0.6) is 0 Å². The minimum absolute atomic E-state index is 0.106. The third-order valence-electron chi connectivity index (χ3n) is 6.12. The van der Waals surface area contributed by atoms with Gasteiger partial charge >= 0.3 is 11.9 Å². The molecule has 1 aliphatic rings. The maximum absolute atomic E-state index is 12.8. The molecule has 1 aliphatic heterocycles. The number of esters is 2. The summed E-state index contributed by atoms with van der Waals surface area (Å²) in [6.45, 7) is 4.07. The maximum Gasteiger partial charge on any atom is 0.338 e. The zero-order chi connectivity index (χ0) is 27.0. The van der Waals surface area contributed by atoms with Crippen LogP contribution in [0.4, 0.5) is 0 Å². The fraction of sp³-hybridized carbons (Fsp3) is 0.212. The Balaban J connectivity index is 1.40. The highest BCUT2D eigenvalue weighted by molar-refractivity contribution is 5.92. The Hall–Kier alpha value is -4.58. The van der Waals surface area contributed by atoms with Gasteiger partial charge in [-0.2, -0.15) is 0 Å². The molecule has 3 aromatic carbocycles. The first-order valence-corrected chi connectivity index (χ1v) is 12.2. The molecule has 0 spiro atoms. The van der Waals surface area contributed by atoms with Gasteiger partial charge in [-0.15, -0.1) is 6.42 Å². The summed E-state index contributed by atoms with van der Waals surface area (Å²) < 4.78 is 17.2. The van der Waals surface area contributed by atoms with E-state index in [9.17, 15) is 9.59 Å². The summed E-state index contributed by atoms with van der Waals surface area (Å²) in [7, 11) is 0. The summed E-state index contributed by atoms with van der Waals surface area (Å²) in [5, 5.41) is 0. The minimum Gasteiger partial charge on any atom is -0.458 e.